The molecule has 0 bridgehead atoms. The Labute approximate surface area is 185 Å². The minimum atomic E-state index is 1.19. The smallest absolute Gasteiger partial charge is 0.0541 e. The Hall–Kier alpha value is -3.62. The van der Waals surface area contributed by atoms with Crippen LogP contribution in [-0.4, -0.2) is 4.57 Å². The zero-order valence-electron chi connectivity index (χ0n) is 17.2. The molecule has 6 rings (SSSR count). The van der Waals surface area contributed by atoms with Crippen LogP contribution < -0.4 is 0 Å². The highest BCUT2D eigenvalue weighted by atomic mass is 32.1. The first-order valence-electron chi connectivity index (χ1n) is 10.5. The molecule has 0 atom stereocenters. The topological polar surface area (TPSA) is 4.93 Å². The van der Waals surface area contributed by atoms with Crippen LogP contribution in [0.4, 0.5) is 0 Å². The van der Waals surface area contributed by atoms with Crippen LogP contribution in [0.2, 0.25) is 0 Å². The molecule has 0 aliphatic carbocycles. The van der Waals surface area contributed by atoms with E-state index in [1.807, 2.05) is 11.3 Å². The van der Waals surface area contributed by atoms with Gasteiger partial charge in [-0.15, -0.1) is 11.3 Å². The number of nitrogens with zero attached hydrogens (tertiary/aromatic N) is 1. The van der Waals surface area contributed by atoms with Crippen LogP contribution in [-0.2, 0) is 0 Å². The third-order valence-electron chi connectivity index (χ3n) is 5.93. The van der Waals surface area contributed by atoms with E-state index in [1.165, 1.54) is 53.9 Å². The van der Waals surface area contributed by atoms with Gasteiger partial charge in [-0.3, -0.25) is 0 Å². The third-order valence-corrected chi connectivity index (χ3v) is 7.12. The number of benzene rings is 4. The van der Waals surface area contributed by atoms with Crippen molar-refractivity contribution in [1.29, 1.82) is 0 Å². The maximum Gasteiger partial charge on any atom is 0.0541 e. The predicted octanol–water partition coefficient (Wildman–Crippen LogP) is 8.49. The first kappa shape index (κ1) is 18.2. The van der Waals surface area contributed by atoms with Crippen LogP contribution >= 0.6 is 11.3 Å². The van der Waals surface area contributed by atoms with E-state index in [2.05, 4.69) is 121 Å². The van der Waals surface area contributed by atoms with Gasteiger partial charge in [-0.1, -0.05) is 78.4 Å². The van der Waals surface area contributed by atoms with Crippen LogP contribution in [0.15, 0.2) is 109 Å². The molecule has 0 radical (unpaired) electrons. The second-order valence-corrected chi connectivity index (χ2v) is 9.03. The summed E-state index contributed by atoms with van der Waals surface area (Å²) >= 11 is 1.85. The summed E-state index contributed by atoms with van der Waals surface area (Å²) in [4.78, 5) is 2.60. The molecule has 0 unspecified atom stereocenters. The molecule has 2 heterocycles. The lowest BCUT2D eigenvalue weighted by atomic mass is 10.1. The van der Waals surface area contributed by atoms with Crippen molar-refractivity contribution in [3.63, 3.8) is 0 Å². The van der Waals surface area contributed by atoms with E-state index in [0.717, 1.165) is 0 Å². The Bertz CT molecular complexity index is 1460. The maximum absolute atomic E-state index is 2.36. The standard InChI is InChI=1S/C29H21NS/c1-20-10-12-21(13-11-20)28-18-19-29(31-28)22-14-16-23(17-15-22)30-26-8-4-2-6-24(26)25-7-3-5-9-27(25)30/h2-19H,1H3. The van der Waals surface area contributed by atoms with Crippen molar-refractivity contribution >= 4 is 33.1 Å². The number of rotatable bonds is 3. The largest absolute Gasteiger partial charge is 0.309 e. The van der Waals surface area contributed by atoms with Crippen LogP contribution in [0.1, 0.15) is 5.56 Å². The molecule has 4 aromatic carbocycles. The number of thiophene rings is 1. The van der Waals surface area contributed by atoms with E-state index < -0.39 is 0 Å². The minimum Gasteiger partial charge on any atom is -0.309 e. The van der Waals surface area contributed by atoms with Gasteiger partial charge < -0.3 is 4.57 Å². The highest BCUT2D eigenvalue weighted by Gasteiger charge is 2.12. The van der Waals surface area contributed by atoms with Gasteiger partial charge in [-0.25, -0.2) is 0 Å². The van der Waals surface area contributed by atoms with Crippen molar-refractivity contribution in [2.45, 2.75) is 6.92 Å². The highest BCUT2D eigenvalue weighted by molar-refractivity contribution is 7.18. The van der Waals surface area contributed by atoms with E-state index >= 15 is 0 Å². The molecule has 0 aliphatic rings. The van der Waals surface area contributed by atoms with Crippen molar-refractivity contribution in [1.82, 2.24) is 4.57 Å². The second kappa shape index (κ2) is 7.26. The molecule has 2 aromatic heterocycles. The van der Waals surface area contributed by atoms with Gasteiger partial charge in [0.25, 0.3) is 0 Å². The molecule has 0 aliphatic heterocycles. The van der Waals surface area contributed by atoms with Gasteiger partial charge in [0.1, 0.15) is 0 Å². The minimum absolute atomic E-state index is 1.19. The molecule has 148 valence electrons. The molecule has 0 spiro atoms. The first-order valence-corrected chi connectivity index (χ1v) is 11.4. The van der Waals surface area contributed by atoms with E-state index in [4.69, 9.17) is 0 Å². The zero-order valence-corrected chi connectivity index (χ0v) is 18.1. The van der Waals surface area contributed by atoms with Gasteiger partial charge in [-0.05, 0) is 54.4 Å². The SMILES string of the molecule is Cc1ccc(-c2ccc(-c3ccc(-n4c5ccccc5c5ccccc54)cc3)s2)cc1. The van der Waals surface area contributed by atoms with Crippen molar-refractivity contribution < 1.29 is 0 Å². The number of hydrogen-bond acceptors (Lipinski definition) is 1. The Morgan fingerprint density at radius 3 is 1.55 bits per heavy atom. The summed E-state index contributed by atoms with van der Waals surface area (Å²) in [5, 5.41) is 2.59. The summed E-state index contributed by atoms with van der Waals surface area (Å²) in [5.41, 5.74) is 7.51. The predicted molar refractivity (Wildman–Crippen MR) is 134 cm³/mol. The van der Waals surface area contributed by atoms with E-state index in [9.17, 15) is 0 Å². The fourth-order valence-corrected chi connectivity index (χ4v) is 5.36. The van der Waals surface area contributed by atoms with Crippen LogP contribution in [0, 0.1) is 6.92 Å². The van der Waals surface area contributed by atoms with Crippen LogP contribution in [0.25, 0.3) is 48.4 Å². The monoisotopic (exact) mass is 415 g/mol. The van der Waals surface area contributed by atoms with Gasteiger partial charge in [-0.2, -0.15) is 0 Å². The molecule has 0 N–H and O–H groups in total. The van der Waals surface area contributed by atoms with Gasteiger partial charge in [0, 0.05) is 26.2 Å². The lowest BCUT2D eigenvalue weighted by Crippen LogP contribution is -1.93. The maximum atomic E-state index is 2.36. The average Bonchev–Trinajstić information content (AvgIpc) is 3.43. The fraction of sp³-hybridized carbons (Fsp3) is 0.0345. The van der Waals surface area contributed by atoms with Gasteiger partial charge in [0.2, 0.25) is 0 Å². The zero-order chi connectivity index (χ0) is 20.8. The number of aryl methyl sites for hydroxylation is 1. The summed E-state index contributed by atoms with van der Waals surface area (Å²) in [6, 6.07) is 39.5. The molecule has 6 aromatic rings. The molecular weight excluding hydrogens is 394 g/mol. The van der Waals surface area contributed by atoms with Crippen LogP contribution in [0.3, 0.4) is 0 Å². The molecule has 0 saturated carbocycles. The van der Waals surface area contributed by atoms with Crippen molar-refractivity contribution in [2.75, 3.05) is 0 Å². The number of para-hydroxylation sites is 2. The summed E-state index contributed by atoms with van der Waals surface area (Å²) in [6.45, 7) is 2.13. The number of aromatic nitrogens is 1. The van der Waals surface area contributed by atoms with Gasteiger partial charge >= 0.3 is 0 Å². The van der Waals surface area contributed by atoms with Crippen LogP contribution in [0.5, 0.6) is 0 Å². The second-order valence-electron chi connectivity index (χ2n) is 7.95. The fourth-order valence-electron chi connectivity index (χ4n) is 4.34. The summed E-state index contributed by atoms with van der Waals surface area (Å²) in [5.74, 6) is 0. The number of fused-ring (bicyclic) bond motifs is 3. The normalized spacial score (nSPS) is 11.4. The molecule has 31 heavy (non-hydrogen) atoms. The van der Waals surface area contributed by atoms with Crippen molar-refractivity contribution in [3.05, 3.63) is 115 Å². The highest BCUT2D eigenvalue weighted by Crippen LogP contribution is 2.36. The Morgan fingerprint density at radius 2 is 1.00 bits per heavy atom. The molecular formula is C29H21NS. The summed E-state index contributed by atoms with van der Waals surface area (Å²) < 4.78 is 2.36. The lowest BCUT2D eigenvalue weighted by Gasteiger charge is -2.08. The molecule has 2 heteroatoms. The summed E-state index contributed by atoms with van der Waals surface area (Å²) in [7, 11) is 0. The third kappa shape index (κ3) is 3.08. The Morgan fingerprint density at radius 1 is 0.516 bits per heavy atom. The lowest BCUT2D eigenvalue weighted by molar-refractivity contribution is 1.18. The molecule has 0 amide bonds. The number of hydrogen-bond donors (Lipinski definition) is 0. The van der Waals surface area contributed by atoms with E-state index in [-0.39, 0.29) is 0 Å². The van der Waals surface area contributed by atoms with E-state index in [1.54, 1.807) is 0 Å². The van der Waals surface area contributed by atoms with Crippen molar-refractivity contribution in [3.8, 4) is 26.6 Å². The van der Waals surface area contributed by atoms with Gasteiger partial charge in [0.05, 0.1) is 11.0 Å². The average molecular weight is 416 g/mol. The summed E-state index contributed by atoms with van der Waals surface area (Å²) in [6.07, 6.45) is 0. The Balaban J connectivity index is 1.41. The van der Waals surface area contributed by atoms with Gasteiger partial charge in [0.15, 0.2) is 0 Å². The Kier molecular flexibility index (Phi) is 4.26. The van der Waals surface area contributed by atoms with E-state index in [0.29, 0.717) is 0 Å². The molecule has 1 nitrogen and oxygen atoms in total. The molecule has 0 saturated heterocycles. The quantitative estimate of drug-likeness (QED) is 0.273. The van der Waals surface area contributed by atoms with Crippen molar-refractivity contribution in [2.24, 2.45) is 0 Å². The first-order chi connectivity index (χ1) is 15.3. The molecule has 0 fully saturated rings.